The third-order valence-electron chi connectivity index (χ3n) is 2.77. The van der Waals surface area contributed by atoms with Gasteiger partial charge in [-0.2, -0.15) is 0 Å². The summed E-state index contributed by atoms with van der Waals surface area (Å²) in [5.74, 6) is -1.41. The summed E-state index contributed by atoms with van der Waals surface area (Å²) >= 11 is 0. The fourth-order valence-electron chi connectivity index (χ4n) is 1.90. The van der Waals surface area contributed by atoms with Gasteiger partial charge < -0.3 is 9.84 Å². The second-order valence-corrected chi connectivity index (χ2v) is 5.35. The van der Waals surface area contributed by atoms with E-state index in [2.05, 4.69) is 0 Å². The molecule has 0 aliphatic carbocycles. The van der Waals surface area contributed by atoms with Crippen LogP contribution in [-0.4, -0.2) is 17.8 Å². The van der Waals surface area contributed by atoms with Crippen molar-refractivity contribution in [2.45, 2.75) is 39.9 Å². The molecule has 0 bridgehead atoms. The lowest BCUT2D eigenvalue weighted by molar-refractivity contribution is -0.0909. The monoisotopic (exact) mass is 258 g/mol. The Balaban J connectivity index is 3.05. The first-order valence-corrected chi connectivity index (χ1v) is 6.02. The summed E-state index contributed by atoms with van der Waals surface area (Å²) in [4.78, 5) is 0. The summed E-state index contributed by atoms with van der Waals surface area (Å²) in [6.07, 6.45) is -1.67. The fraction of sp³-hybridized carbons (Fsp3) is 0.571. The SMILES string of the molecule is CCOC(C(O)c1ccc(F)cc1F)C(C)(C)C. The smallest absolute Gasteiger partial charge is 0.132 e. The summed E-state index contributed by atoms with van der Waals surface area (Å²) in [5, 5.41) is 10.2. The maximum atomic E-state index is 13.6. The van der Waals surface area contributed by atoms with E-state index >= 15 is 0 Å². The van der Waals surface area contributed by atoms with Gasteiger partial charge in [-0.25, -0.2) is 8.78 Å². The zero-order valence-electron chi connectivity index (χ0n) is 11.2. The summed E-state index contributed by atoms with van der Waals surface area (Å²) in [5.41, 5.74) is -0.291. The molecule has 0 heterocycles. The van der Waals surface area contributed by atoms with Crippen LogP contribution in [0.2, 0.25) is 0 Å². The number of hydrogen-bond donors (Lipinski definition) is 1. The van der Waals surface area contributed by atoms with E-state index in [9.17, 15) is 13.9 Å². The van der Waals surface area contributed by atoms with Crippen LogP contribution < -0.4 is 0 Å². The molecule has 0 radical (unpaired) electrons. The Hall–Kier alpha value is -1.00. The summed E-state index contributed by atoms with van der Waals surface area (Å²) < 4.78 is 32.0. The maximum absolute atomic E-state index is 13.6. The van der Waals surface area contributed by atoms with Crippen molar-refractivity contribution < 1.29 is 18.6 Å². The van der Waals surface area contributed by atoms with Gasteiger partial charge in [-0.3, -0.25) is 0 Å². The van der Waals surface area contributed by atoms with Crippen molar-refractivity contribution >= 4 is 0 Å². The fourth-order valence-corrected chi connectivity index (χ4v) is 1.90. The molecule has 0 fully saturated rings. The first kappa shape index (κ1) is 15.1. The number of benzene rings is 1. The molecule has 0 aliphatic rings. The van der Waals surface area contributed by atoms with Crippen LogP contribution in [-0.2, 0) is 4.74 Å². The number of rotatable bonds is 4. The number of hydrogen-bond acceptors (Lipinski definition) is 2. The van der Waals surface area contributed by atoms with E-state index < -0.39 is 23.8 Å². The van der Waals surface area contributed by atoms with Crippen molar-refractivity contribution in [3.05, 3.63) is 35.4 Å². The van der Waals surface area contributed by atoms with Crippen LogP contribution in [0.4, 0.5) is 8.78 Å². The second-order valence-electron chi connectivity index (χ2n) is 5.35. The Morgan fingerprint density at radius 3 is 2.33 bits per heavy atom. The predicted molar refractivity (Wildman–Crippen MR) is 66.2 cm³/mol. The van der Waals surface area contributed by atoms with Crippen LogP contribution in [0.1, 0.15) is 39.4 Å². The van der Waals surface area contributed by atoms with E-state index in [0.717, 1.165) is 12.1 Å². The van der Waals surface area contributed by atoms with Crippen molar-refractivity contribution in [3.8, 4) is 0 Å². The molecule has 0 amide bonds. The van der Waals surface area contributed by atoms with Gasteiger partial charge in [0, 0.05) is 18.2 Å². The third-order valence-corrected chi connectivity index (χ3v) is 2.77. The molecule has 2 atom stereocenters. The minimum Gasteiger partial charge on any atom is -0.386 e. The Labute approximate surface area is 107 Å². The minimum absolute atomic E-state index is 0.0600. The topological polar surface area (TPSA) is 29.5 Å². The Kier molecular flexibility index (Phi) is 4.82. The van der Waals surface area contributed by atoms with Gasteiger partial charge in [-0.1, -0.05) is 26.8 Å². The number of halogens is 2. The quantitative estimate of drug-likeness (QED) is 0.896. The van der Waals surface area contributed by atoms with Crippen LogP contribution in [0.3, 0.4) is 0 Å². The van der Waals surface area contributed by atoms with E-state index in [-0.39, 0.29) is 11.0 Å². The van der Waals surface area contributed by atoms with E-state index in [1.54, 1.807) is 0 Å². The van der Waals surface area contributed by atoms with Gasteiger partial charge in [-0.15, -0.1) is 0 Å². The highest BCUT2D eigenvalue weighted by molar-refractivity contribution is 5.22. The average molecular weight is 258 g/mol. The molecule has 2 nitrogen and oxygen atoms in total. The van der Waals surface area contributed by atoms with E-state index in [0.29, 0.717) is 6.61 Å². The van der Waals surface area contributed by atoms with Crippen LogP contribution in [0.25, 0.3) is 0 Å². The Morgan fingerprint density at radius 1 is 1.28 bits per heavy atom. The van der Waals surface area contributed by atoms with Crippen LogP contribution >= 0.6 is 0 Å². The van der Waals surface area contributed by atoms with Crippen molar-refractivity contribution in [1.82, 2.24) is 0 Å². The molecule has 0 spiro atoms. The molecule has 1 rings (SSSR count). The lowest BCUT2D eigenvalue weighted by atomic mass is 9.83. The Bertz CT molecular complexity index is 399. The molecule has 102 valence electrons. The van der Waals surface area contributed by atoms with Gasteiger partial charge in [0.2, 0.25) is 0 Å². The van der Waals surface area contributed by atoms with Crippen molar-refractivity contribution in [3.63, 3.8) is 0 Å². The zero-order chi connectivity index (χ0) is 13.9. The highest BCUT2D eigenvalue weighted by atomic mass is 19.1. The standard InChI is InChI=1S/C14H20F2O2/c1-5-18-13(14(2,3)4)12(17)10-7-6-9(15)8-11(10)16/h6-8,12-13,17H,5H2,1-4H3. The molecule has 1 aromatic rings. The highest BCUT2D eigenvalue weighted by Gasteiger charge is 2.34. The summed E-state index contributed by atoms with van der Waals surface area (Å²) in [6.45, 7) is 7.93. The molecule has 0 aliphatic heterocycles. The second kappa shape index (κ2) is 5.76. The van der Waals surface area contributed by atoms with Crippen LogP contribution in [0.5, 0.6) is 0 Å². The van der Waals surface area contributed by atoms with Crippen LogP contribution in [0, 0.1) is 17.0 Å². The largest absolute Gasteiger partial charge is 0.386 e. The molecule has 0 saturated carbocycles. The zero-order valence-corrected chi connectivity index (χ0v) is 11.2. The first-order chi connectivity index (χ1) is 8.27. The van der Waals surface area contributed by atoms with Crippen molar-refractivity contribution in [2.24, 2.45) is 5.41 Å². The van der Waals surface area contributed by atoms with Gasteiger partial charge in [-0.05, 0) is 18.4 Å². The highest BCUT2D eigenvalue weighted by Crippen LogP contribution is 2.33. The molecule has 18 heavy (non-hydrogen) atoms. The average Bonchev–Trinajstić information content (AvgIpc) is 2.23. The van der Waals surface area contributed by atoms with Crippen molar-refractivity contribution in [2.75, 3.05) is 6.61 Å². The van der Waals surface area contributed by atoms with E-state index in [4.69, 9.17) is 4.74 Å². The predicted octanol–water partition coefficient (Wildman–Crippen LogP) is 3.45. The summed E-state index contributed by atoms with van der Waals surface area (Å²) in [7, 11) is 0. The third kappa shape index (κ3) is 3.50. The lowest BCUT2D eigenvalue weighted by Crippen LogP contribution is -2.35. The van der Waals surface area contributed by atoms with E-state index in [1.807, 2.05) is 27.7 Å². The maximum Gasteiger partial charge on any atom is 0.132 e. The van der Waals surface area contributed by atoms with Crippen LogP contribution in [0.15, 0.2) is 18.2 Å². The van der Waals surface area contributed by atoms with Gasteiger partial charge in [0.25, 0.3) is 0 Å². The molecular weight excluding hydrogens is 238 g/mol. The van der Waals surface area contributed by atoms with Crippen molar-refractivity contribution in [1.29, 1.82) is 0 Å². The number of aliphatic hydroxyl groups is 1. The minimum atomic E-state index is -1.12. The normalized spacial score (nSPS) is 15.5. The van der Waals surface area contributed by atoms with Gasteiger partial charge >= 0.3 is 0 Å². The molecule has 0 aromatic heterocycles. The number of aliphatic hydroxyl groups excluding tert-OH is 1. The Morgan fingerprint density at radius 2 is 1.89 bits per heavy atom. The van der Waals surface area contributed by atoms with Gasteiger partial charge in [0.1, 0.15) is 17.7 Å². The molecule has 1 aromatic carbocycles. The molecule has 1 N–H and O–H groups in total. The van der Waals surface area contributed by atoms with E-state index in [1.165, 1.54) is 6.07 Å². The molecule has 0 saturated heterocycles. The number of ether oxygens (including phenoxy) is 1. The molecule has 2 unspecified atom stereocenters. The van der Waals surface area contributed by atoms with Gasteiger partial charge in [0.15, 0.2) is 0 Å². The molecule has 4 heteroatoms. The first-order valence-electron chi connectivity index (χ1n) is 6.02. The summed E-state index contributed by atoms with van der Waals surface area (Å²) in [6, 6.07) is 3.16. The lowest BCUT2D eigenvalue weighted by Gasteiger charge is -2.34. The molecular formula is C14H20F2O2. The van der Waals surface area contributed by atoms with Gasteiger partial charge in [0.05, 0.1) is 6.10 Å².